The Labute approximate surface area is 353 Å². The van der Waals surface area contributed by atoms with E-state index in [1.807, 2.05) is 41.5 Å². The standard InChI is InChI=1S/C18H14.2C17H12.3C2H6.CH4/c1-12-10-11-17-15-8-4-3-7-14(15)16-9-5-2-6-13(12)18(16)17;2*1-11-9-10-16-14-6-3-2-5-13(14)15-8-4-7-12(11)17(15)16;3*1-2;/h2-8,10-11H,9H2,1H3;2*2-10H,1H3;3*1-2H3;1H4. The molecule has 0 saturated carbocycles. The summed E-state index contributed by atoms with van der Waals surface area (Å²) in [6, 6.07) is 52.9. The van der Waals surface area contributed by atoms with Crippen LogP contribution >= 0.6 is 0 Å². The number of hydrogen-bond acceptors (Lipinski definition) is 0. The highest BCUT2D eigenvalue weighted by atomic mass is 14.3. The topological polar surface area (TPSA) is 0 Å². The molecule has 0 nitrogen and oxygen atoms in total. The first-order valence-corrected chi connectivity index (χ1v) is 21.4. The Hall–Kier alpha value is -6.24. The van der Waals surface area contributed by atoms with Crippen molar-refractivity contribution in [2.75, 3.05) is 0 Å². The third-order valence-electron chi connectivity index (χ3n) is 11.6. The summed E-state index contributed by atoms with van der Waals surface area (Å²) in [5.74, 6) is 0. The van der Waals surface area contributed by atoms with E-state index >= 15 is 0 Å². The van der Waals surface area contributed by atoms with Crippen LogP contribution in [0.1, 0.15) is 77.6 Å². The zero-order chi connectivity index (χ0) is 40.9. The molecule has 8 aromatic carbocycles. The Bertz CT molecular complexity index is 2760. The van der Waals surface area contributed by atoms with Crippen LogP contribution in [0.15, 0.2) is 158 Å². The van der Waals surface area contributed by atoms with E-state index in [9.17, 15) is 0 Å². The van der Waals surface area contributed by atoms with Crippen LogP contribution in [-0.2, 0) is 0 Å². The first-order chi connectivity index (χ1) is 28.6. The van der Waals surface area contributed by atoms with Crippen molar-refractivity contribution < 1.29 is 0 Å². The van der Waals surface area contributed by atoms with Crippen LogP contribution in [0.25, 0.3) is 88.8 Å². The molecule has 0 amide bonds. The van der Waals surface area contributed by atoms with E-state index in [0.29, 0.717) is 0 Å². The Morgan fingerprint density at radius 2 is 0.695 bits per heavy atom. The highest BCUT2D eigenvalue weighted by Gasteiger charge is 2.23. The van der Waals surface area contributed by atoms with E-state index in [1.54, 1.807) is 0 Å². The molecule has 0 spiro atoms. The van der Waals surface area contributed by atoms with Gasteiger partial charge in [-0.1, -0.05) is 213 Å². The van der Waals surface area contributed by atoms with Crippen molar-refractivity contribution in [3.63, 3.8) is 0 Å². The third kappa shape index (κ3) is 7.27. The predicted molar refractivity (Wildman–Crippen MR) is 264 cm³/mol. The van der Waals surface area contributed by atoms with Gasteiger partial charge in [-0.3, -0.25) is 0 Å². The lowest BCUT2D eigenvalue weighted by Crippen LogP contribution is -2.28. The summed E-state index contributed by atoms with van der Waals surface area (Å²) >= 11 is 0. The minimum Gasteiger partial charge on any atom is -0.0801 e. The maximum absolute atomic E-state index is 2.28. The second kappa shape index (κ2) is 18.6. The van der Waals surface area contributed by atoms with E-state index in [0.717, 1.165) is 6.42 Å². The van der Waals surface area contributed by atoms with Gasteiger partial charge in [-0.25, -0.2) is 0 Å². The van der Waals surface area contributed by atoms with Crippen molar-refractivity contribution in [3.8, 4) is 55.6 Å². The smallest absolute Gasteiger partial charge is 0.00237 e. The fraction of sp³-hybridized carbons (Fsp3) is 0.186. The van der Waals surface area contributed by atoms with Crippen molar-refractivity contribution in [1.29, 1.82) is 0 Å². The number of aryl methyl sites for hydroxylation is 3. The lowest BCUT2D eigenvalue weighted by molar-refractivity contribution is 1.35. The summed E-state index contributed by atoms with van der Waals surface area (Å²) in [6.45, 7) is 18.6. The molecule has 0 fully saturated rings. The maximum Gasteiger partial charge on any atom is -0.00237 e. The highest BCUT2D eigenvalue weighted by molar-refractivity contribution is 6.17. The monoisotopic (exact) mass is 768 g/mol. The second-order valence-corrected chi connectivity index (χ2v) is 14.4. The van der Waals surface area contributed by atoms with E-state index in [4.69, 9.17) is 0 Å². The number of benzene rings is 8. The van der Waals surface area contributed by atoms with Crippen molar-refractivity contribution >= 4 is 33.2 Å². The van der Waals surface area contributed by atoms with Crippen LogP contribution < -0.4 is 10.4 Å². The van der Waals surface area contributed by atoms with Crippen molar-refractivity contribution in [3.05, 3.63) is 190 Å². The molecule has 0 bridgehead atoms. The van der Waals surface area contributed by atoms with Crippen molar-refractivity contribution in [2.45, 2.75) is 76.2 Å². The minimum atomic E-state index is 0. The Morgan fingerprint density at radius 1 is 0.339 bits per heavy atom. The summed E-state index contributed by atoms with van der Waals surface area (Å²) in [5.41, 5.74) is 20.8. The van der Waals surface area contributed by atoms with E-state index in [2.05, 4.69) is 185 Å². The number of fused-ring (bicyclic) bond motifs is 9. The molecule has 0 atom stereocenters. The molecule has 4 aliphatic carbocycles. The highest BCUT2D eigenvalue weighted by Crippen LogP contribution is 2.48. The molecule has 0 saturated heterocycles. The van der Waals surface area contributed by atoms with E-state index < -0.39 is 0 Å². The molecular weight excluding hydrogens is 709 g/mol. The van der Waals surface area contributed by atoms with Crippen molar-refractivity contribution in [2.24, 2.45) is 0 Å². The van der Waals surface area contributed by atoms with Gasteiger partial charge in [0.2, 0.25) is 0 Å². The summed E-state index contributed by atoms with van der Waals surface area (Å²) in [6.07, 6.45) is 7.75. The van der Waals surface area contributed by atoms with Crippen LogP contribution in [0.3, 0.4) is 0 Å². The molecule has 8 aromatic rings. The first-order valence-electron chi connectivity index (χ1n) is 21.4. The van der Waals surface area contributed by atoms with Gasteiger partial charge in [-0.2, -0.15) is 0 Å². The summed E-state index contributed by atoms with van der Waals surface area (Å²) in [4.78, 5) is 0. The molecular formula is C59H60. The summed E-state index contributed by atoms with van der Waals surface area (Å²) in [5, 5.41) is 8.48. The molecule has 12 rings (SSSR count). The van der Waals surface area contributed by atoms with Gasteiger partial charge in [-0.05, 0) is 143 Å². The van der Waals surface area contributed by atoms with Crippen molar-refractivity contribution in [1.82, 2.24) is 0 Å². The summed E-state index contributed by atoms with van der Waals surface area (Å²) < 4.78 is 0. The zero-order valence-corrected chi connectivity index (χ0v) is 35.8. The van der Waals surface area contributed by atoms with Gasteiger partial charge in [0.15, 0.2) is 0 Å². The van der Waals surface area contributed by atoms with Crippen LogP contribution in [0, 0.1) is 20.8 Å². The Morgan fingerprint density at radius 3 is 1.15 bits per heavy atom. The molecule has 0 radical (unpaired) electrons. The predicted octanol–water partition coefficient (Wildman–Crippen LogP) is 16.2. The second-order valence-electron chi connectivity index (χ2n) is 14.4. The SMILES string of the molecule is C.CC.CC.CC.Cc1ccc2c3c(cccc13)-c1ccccc1-2.Cc1ccc2c3c(cccc13)-c1ccccc1-2.Cc1ccc2c3c1=CC=CCC=3c1ccccc1-2. The van der Waals surface area contributed by atoms with Gasteiger partial charge < -0.3 is 0 Å². The molecule has 0 aromatic heterocycles. The van der Waals surface area contributed by atoms with Gasteiger partial charge in [0, 0.05) is 0 Å². The van der Waals surface area contributed by atoms with Gasteiger partial charge in [0.05, 0.1) is 0 Å². The molecule has 0 aliphatic heterocycles. The fourth-order valence-corrected chi connectivity index (χ4v) is 9.07. The average Bonchev–Trinajstić information content (AvgIpc) is 3.84. The van der Waals surface area contributed by atoms with Gasteiger partial charge in [0.1, 0.15) is 0 Å². The number of allylic oxidation sites excluding steroid dienone is 2. The van der Waals surface area contributed by atoms with E-state index in [1.165, 1.54) is 115 Å². The zero-order valence-electron chi connectivity index (χ0n) is 35.8. The fourth-order valence-electron chi connectivity index (χ4n) is 9.07. The Balaban J connectivity index is 0.000000139. The molecule has 0 heterocycles. The normalized spacial score (nSPS) is 11.6. The lowest BCUT2D eigenvalue weighted by atomic mass is 9.99. The van der Waals surface area contributed by atoms with Gasteiger partial charge in [0.25, 0.3) is 0 Å². The summed E-state index contributed by atoms with van der Waals surface area (Å²) in [7, 11) is 0. The van der Waals surface area contributed by atoms with Crippen LogP contribution in [0.2, 0.25) is 0 Å². The largest absolute Gasteiger partial charge is 0.0801 e. The average molecular weight is 769 g/mol. The van der Waals surface area contributed by atoms with Crippen LogP contribution in [-0.4, -0.2) is 0 Å². The van der Waals surface area contributed by atoms with Crippen LogP contribution in [0.5, 0.6) is 0 Å². The maximum atomic E-state index is 2.28. The minimum absolute atomic E-state index is 0. The molecule has 4 aliphatic rings. The molecule has 0 unspecified atom stereocenters. The van der Waals surface area contributed by atoms with Gasteiger partial charge >= 0.3 is 0 Å². The molecule has 59 heavy (non-hydrogen) atoms. The molecule has 0 heteroatoms. The number of rotatable bonds is 0. The van der Waals surface area contributed by atoms with Gasteiger partial charge in [-0.15, -0.1) is 0 Å². The van der Waals surface area contributed by atoms with Crippen LogP contribution in [0.4, 0.5) is 0 Å². The molecule has 0 N–H and O–H groups in total. The quantitative estimate of drug-likeness (QED) is 0.144. The Kier molecular flexibility index (Phi) is 13.3. The number of hydrogen-bond donors (Lipinski definition) is 0. The third-order valence-corrected chi connectivity index (χ3v) is 11.6. The first kappa shape index (κ1) is 42.4. The molecule has 296 valence electrons. The van der Waals surface area contributed by atoms with E-state index in [-0.39, 0.29) is 7.43 Å². The lowest BCUT2D eigenvalue weighted by Gasteiger charge is -2.04.